The highest BCUT2D eigenvalue weighted by atomic mass is 35.5. The number of hydrogen-bond acceptors (Lipinski definition) is 1. The van der Waals surface area contributed by atoms with Crippen molar-refractivity contribution >= 4 is 29.0 Å². The molecule has 0 saturated heterocycles. The van der Waals surface area contributed by atoms with Crippen LogP contribution in [0, 0.1) is 0 Å². The van der Waals surface area contributed by atoms with E-state index in [0.29, 0.717) is 21.4 Å². The van der Waals surface area contributed by atoms with E-state index in [9.17, 15) is 0 Å². The molecule has 0 amide bonds. The van der Waals surface area contributed by atoms with Crippen LogP contribution < -0.4 is 5.73 Å². The highest BCUT2D eigenvalue weighted by Crippen LogP contribution is 2.39. The molecule has 15 heavy (non-hydrogen) atoms. The molecule has 1 aromatic rings. The SMILES string of the molecule is CC1(N=C(N)c2c(Cl)cccc2Cl)CC1. The molecule has 4 heteroatoms. The maximum absolute atomic E-state index is 6.03. The lowest BCUT2D eigenvalue weighted by Gasteiger charge is -2.08. The Morgan fingerprint density at radius 3 is 2.33 bits per heavy atom. The predicted octanol–water partition coefficient (Wildman–Crippen LogP) is 3.25. The van der Waals surface area contributed by atoms with Crippen LogP contribution in [-0.4, -0.2) is 11.4 Å². The maximum atomic E-state index is 6.03. The van der Waals surface area contributed by atoms with Crippen molar-refractivity contribution in [2.24, 2.45) is 10.7 Å². The lowest BCUT2D eigenvalue weighted by molar-refractivity contribution is 0.764. The number of amidine groups is 1. The Morgan fingerprint density at radius 1 is 1.33 bits per heavy atom. The van der Waals surface area contributed by atoms with Gasteiger partial charge in [-0.3, -0.25) is 4.99 Å². The van der Waals surface area contributed by atoms with Gasteiger partial charge >= 0.3 is 0 Å². The Balaban J connectivity index is 2.41. The average molecular weight is 243 g/mol. The van der Waals surface area contributed by atoms with Gasteiger partial charge in [0.1, 0.15) is 5.84 Å². The number of rotatable bonds is 2. The van der Waals surface area contributed by atoms with Crippen molar-refractivity contribution in [3.63, 3.8) is 0 Å². The number of hydrogen-bond donors (Lipinski definition) is 1. The number of nitrogens with two attached hydrogens (primary N) is 1. The third kappa shape index (κ3) is 2.27. The summed E-state index contributed by atoms with van der Waals surface area (Å²) in [5, 5.41) is 1.10. The summed E-state index contributed by atoms with van der Waals surface area (Å²) in [6.45, 7) is 2.07. The Kier molecular flexibility index (Phi) is 2.65. The Bertz CT molecular complexity index is 402. The number of halogens is 2. The summed E-state index contributed by atoms with van der Waals surface area (Å²) in [4.78, 5) is 4.44. The summed E-state index contributed by atoms with van der Waals surface area (Å²) < 4.78 is 0. The summed E-state index contributed by atoms with van der Waals surface area (Å²) in [6, 6.07) is 5.32. The third-order valence-corrected chi connectivity index (χ3v) is 3.21. The smallest absolute Gasteiger partial charge is 0.129 e. The van der Waals surface area contributed by atoms with E-state index >= 15 is 0 Å². The summed E-state index contributed by atoms with van der Waals surface area (Å²) in [7, 11) is 0. The highest BCUT2D eigenvalue weighted by molar-refractivity contribution is 6.39. The van der Waals surface area contributed by atoms with Crippen LogP contribution in [0.4, 0.5) is 0 Å². The second-order valence-corrected chi connectivity index (χ2v) is 4.91. The highest BCUT2D eigenvalue weighted by Gasteiger charge is 2.37. The van der Waals surface area contributed by atoms with E-state index in [1.807, 2.05) is 0 Å². The van der Waals surface area contributed by atoms with Crippen LogP contribution in [0.25, 0.3) is 0 Å². The zero-order valence-corrected chi connectivity index (χ0v) is 9.94. The molecule has 1 fully saturated rings. The third-order valence-electron chi connectivity index (χ3n) is 2.58. The van der Waals surface area contributed by atoms with Crippen molar-refractivity contribution in [1.82, 2.24) is 0 Å². The van der Waals surface area contributed by atoms with Gasteiger partial charge in [-0.2, -0.15) is 0 Å². The Morgan fingerprint density at radius 2 is 1.87 bits per heavy atom. The summed E-state index contributed by atoms with van der Waals surface area (Å²) in [5.41, 5.74) is 6.56. The van der Waals surface area contributed by atoms with Crippen LogP contribution in [-0.2, 0) is 0 Å². The molecule has 80 valence electrons. The average Bonchev–Trinajstić information content (AvgIpc) is 2.82. The van der Waals surface area contributed by atoms with Gasteiger partial charge < -0.3 is 5.73 Å². The Hall–Kier alpha value is -0.730. The minimum atomic E-state index is 0.00653. The number of aliphatic imine (C=N–C) groups is 1. The predicted molar refractivity (Wildman–Crippen MR) is 64.8 cm³/mol. The quantitative estimate of drug-likeness (QED) is 0.628. The maximum Gasteiger partial charge on any atom is 0.129 e. The van der Waals surface area contributed by atoms with Crippen LogP contribution in [0.2, 0.25) is 10.0 Å². The van der Waals surface area contributed by atoms with Crippen molar-refractivity contribution in [3.05, 3.63) is 33.8 Å². The summed E-state index contributed by atoms with van der Waals surface area (Å²) >= 11 is 12.1. The molecule has 2 N–H and O–H groups in total. The molecule has 2 nitrogen and oxygen atoms in total. The molecule has 0 atom stereocenters. The molecule has 2 rings (SSSR count). The van der Waals surface area contributed by atoms with E-state index in [4.69, 9.17) is 28.9 Å². The van der Waals surface area contributed by atoms with Crippen molar-refractivity contribution in [2.75, 3.05) is 0 Å². The molecule has 1 aliphatic rings. The first-order valence-corrected chi connectivity index (χ1v) is 5.57. The molecular weight excluding hydrogens is 231 g/mol. The first kappa shape index (κ1) is 10.8. The molecule has 0 aromatic heterocycles. The second kappa shape index (κ2) is 3.69. The van der Waals surface area contributed by atoms with Gasteiger partial charge in [-0.05, 0) is 31.9 Å². The van der Waals surface area contributed by atoms with E-state index in [2.05, 4.69) is 11.9 Å². The van der Waals surface area contributed by atoms with Gasteiger partial charge in [0.15, 0.2) is 0 Å². The fourth-order valence-electron chi connectivity index (χ4n) is 1.38. The first-order chi connectivity index (χ1) is 7.02. The molecule has 0 radical (unpaired) electrons. The van der Waals surface area contributed by atoms with Crippen LogP contribution >= 0.6 is 23.2 Å². The summed E-state index contributed by atoms with van der Waals surface area (Å²) in [6.07, 6.45) is 2.16. The first-order valence-electron chi connectivity index (χ1n) is 4.81. The van der Waals surface area contributed by atoms with Gasteiger partial charge in [-0.1, -0.05) is 29.3 Å². The van der Waals surface area contributed by atoms with Crippen molar-refractivity contribution in [3.8, 4) is 0 Å². The molecule has 1 aromatic carbocycles. The number of benzene rings is 1. The molecule has 0 spiro atoms. The monoisotopic (exact) mass is 242 g/mol. The van der Waals surface area contributed by atoms with Gasteiger partial charge in [0.25, 0.3) is 0 Å². The molecular formula is C11H12Cl2N2. The van der Waals surface area contributed by atoms with E-state index in [0.717, 1.165) is 12.8 Å². The van der Waals surface area contributed by atoms with E-state index < -0.39 is 0 Å². The zero-order valence-electron chi connectivity index (χ0n) is 8.43. The van der Waals surface area contributed by atoms with Gasteiger partial charge in [0.05, 0.1) is 21.1 Å². The minimum Gasteiger partial charge on any atom is -0.383 e. The van der Waals surface area contributed by atoms with Crippen molar-refractivity contribution in [2.45, 2.75) is 25.3 Å². The second-order valence-electron chi connectivity index (χ2n) is 4.09. The topological polar surface area (TPSA) is 38.4 Å². The van der Waals surface area contributed by atoms with Gasteiger partial charge in [0, 0.05) is 0 Å². The fraction of sp³-hybridized carbons (Fsp3) is 0.364. The Labute approximate surface area is 99.1 Å². The van der Waals surface area contributed by atoms with Crippen LogP contribution in [0.1, 0.15) is 25.3 Å². The van der Waals surface area contributed by atoms with Gasteiger partial charge in [0.2, 0.25) is 0 Å². The fourth-order valence-corrected chi connectivity index (χ4v) is 1.97. The largest absolute Gasteiger partial charge is 0.383 e. The minimum absolute atomic E-state index is 0.00653. The van der Waals surface area contributed by atoms with Gasteiger partial charge in [-0.25, -0.2) is 0 Å². The van der Waals surface area contributed by atoms with Crippen molar-refractivity contribution in [1.29, 1.82) is 0 Å². The molecule has 1 aliphatic carbocycles. The lowest BCUT2D eigenvalue weighted by atomic mass is 10.2. The van der Waals surface area contributed by atoms with Crippen LogP contribution in [0.5, 0.6) is 0 Å². The molecule has 0 aliphatic heterocycles. The molecule has 1 saturated carbocycles. The standard InChI is InChI=1S/C11H12Cl2N2/c1-11(5-6-11)15-10(14)9-7(12)3-2-4-8(9)13/h2-4H,5-6H2,1H3,(H2,14,15). The normalized spacial score (nSPS) is 19.0. The number of nitrogens with zero attached hydrogens (tertiary/aromatic N) is 1. The summed E-state index contributed by atoms with van der Waals surface area (Å²) in [5.74, 6) is 0.436. The van der Waals surface area contributed by atoms with Crippen LogP contribution in [0.3, 0.4) is 0 Å². The lowest BCUT2D eigenvalue weighted by Crippen LogP contribution is -2.18. The van der Waals surface area contributed by atoms with E-state index in [-0.39, 0.29) is 5.54 Å². The van der Waals surface area contributed by atoms with Crippen LogP contribution in [0.15, 0.2) is 23.2 Å². The van der Waals surface area contributed by atoms with E-state index in [1.165, 1.54) is 0 Å². The zero-order chi connectivity index (χ0) is 11.1. The molecule has 0 unspecified atom stereocenters. The molecule has 0 bridgehead atoms. The van der Waals surface area contributed by atoms with E-state index in [1.54, 1.807) is 18.2 Å². The van der Waals surface area contributed by atoms with Gasteiger partial charge in [-0.15, -0.1) is 0 Å². The van der Waals surface area contributed by atoms with Crippen molar-refractivity contribution < 1.29 is 0 Å². The molecule has 0 heterocycles.